The van der Waals surface area contributed by atoms with E-state index in [2.05, 4.69) is 35.7 Å². The van der Waals surface area contributed by atoms with Gasteiger partial charge in [0.05, 0.1) is 12.8 Å². The molecule has 3 nitrogen and oxygen atoms in total. The second-order valence-electron chi connectivity index (χ2n) is 6.45. The zero-order chi connectivity index (χ0) is 19.6. The van der Waals surface area contributed by atoms with Gasteiger partial charge in [0.2, 0.25) is 5.91 Å². The summed E-state index contributed by atoms with van der Waals surface area (Å²) in [6, 6.07) is 27.9. The lowest BCUT2D eigenvalue weighted by molar-refractivity contribution is -0.120. The minimum absolute atomic E-state index is 0.0976. The van der Waals surface area contributed by atoms with Gasteiger partial charge in [-0.05, 0) is 53.8 Å². The number of amides is 1. The lowest BCUT2D eigenvalue weighted by Crippen LogP contribution is -2.09. The molecule has 3 rings (SSSR count). The van der Waals surface area contributed by atoms with Gasteiger partial charge < -0.3 is 4.74 Å². The lowest BCUT2D eigenvalue weighted by Gasteiger charge is -2.09. The Morgan fingerprint density at radius 1 is 0.857 bits per heavy atom. The Balaban J connectivity index is 1.58. The normalized spacial score (nSPS) is 10.2. The molecule has 0 aromatic heterocycles. The van der Waals surface area contributed by atoms with E-state index in [-0.39, 0.29) is 5.91 Å². The van der Waals surface area contributed by atoms with Crippen LogP contribution in [-0.2, 0) is 4.79 Å². The highest BCUT2D eigenvalue weighted by molar-refractivity contribution is 5.81. The molecule has 28 heavy (non-hydrogen) atoms. The molecular formula is C25H24NO2. The van der Waals surface area contributed by atoms with Crippen LogP contribution in [0.4, 0.5) is 5.69 Å². The molecule has 0 fully saturated rings. The first kappa shape index (κ1) is 19.4. The standard InChI is InChI=1S/C25H24NO2/c1-28-23-18-16-22(17-19-23)26-25(27)15-9-8-14-24(20-10-4-2-5-11-20)21-12-6-3-7-13-21/h2-7,10-14,16-19H,8-9,15H2,1H3. The average Bonchev–Trinajstić information content (AvgIpc) is 2.75. The SMILES string of the molecule is COc1ccc([N]C(=O)CCCC=C(c2ccccc2)c2ccccc2)cc1. The molecule has 0 N–H and O–H groups in total. The van der Waals surface area contributed by atoms with E-state index in [4.69, 9.17) is 4.74 Å². The second-order valence-corrected chi connectivity index (χ2v) is 6.45. The van der Waals surface area contributed by atoms with E-state index in [0.717, 1.165) is 18.6 Å². The number of benzene rings is 3. The summed E-state index contributed by atoms with van der Waals surface area (Å²) in [5, 5.41) is 4.15. The van der Waals surface area contributed by atoms with E-state index in [1.165, 1.54) is 16.7 Å². The fourth-order valence-electron chi connectivity index (χ4n) is 2.99. The zero-order valence-electron chi connectivity index (χ0n) is 16.0. The van der Waals surface area contributed by atoms with Gasteiger partial charge in [-0.25, -0.2) is 5.32 Å². The number of allylic oxidation sites excluding steroid dienone is 1. The number of carbonyl (C=O) groups is 1. The summed E-state index contributed by atoms with van der Waals surface area (Å²) < 4.78 is 5.12. The number of hydrogen-bond acceptors (Lipinski definition) is 2. The molecule has 3 aromatic rings. The van der Waals surface area contributed by atoms with Gasteiger partial charge in [0.15, 0.2) is 0 Å². The fourth-order valence-corrected chi connectivity index (χ4v) is 2.99. The van der Waals surface area contributed by atoms with Crippen molar-refractivity contribution in [2.75, 3.05) is 7.11 Å². The number of rotatable bonds is 8. The molecular weight excluding hydrogens is 346 g/mol. The number of ether oxygens (including phenoxy) is 1. The molecule has 0 spiro atoms. The summed E-state index contributed by atoms with van der Waals surface area (Å²) in [6.45, 7) is 0. The van der Waals surface area contributed by atoms with Crippen molar-refractivity contribution >= 4 is 17.2 Å². The Morgan fingerprint density at radius 2 is 1.43 bits per heavy atom. The van der Waals surface area contributed by atoms with E-state index in [1.807, 2.05) is 36.4 Å². The minimum Gasteiger partial charge on any atom is -0.497 e. The maximum atomic E-state index is 12.1. The molecule has 0 bridgehead atoms. The first-order valence-electron chi connectivity index (χ1n) is 9.46. The van der Waals surface area contributed by atoms with Gasteiger partial charge in [-0.2, -0.15) is 0 Å². The van der Waals surface area contributed by atoms with Crippen molar-refractivity contribution in [3.8, 4) is 5.75 Å². The van der Waals surface area contributed by atoms with Crippen LogP contribution in [-0.4, -0.2) is 13.0 Å². The van der Waals surface area contributed by atoms with E-state index in [9.17, 15) is 4.79 Å². The van der Waals surface area contributed by atoms with Crippen molar-refractivity contribution < 1.29 is 9.53 Å². The highest BCUT2D eigenvalue weighted by Crippen LogP contribution is 2.24. The van der Waals surface area contributed by atoms with Crippen molar-refractivity contribution in [1.82, 2.24) is 5.32 Å². The number of carbonyl (C=O) groups excluding carboxylic acids is 1. The molecule has 3 heteroatoms. The third-order valence-corrected chi connectivity index (χ3v) is 4.44. The summed E-state index contributed by atoms with van der Waals surface area (Å²) in [4.78, 5) is 12.1. The second kappa shape index (κ2) is 10.1. The number of methoxy groups -OCH3 is 1. The van der Waals surface area contributed by atoms with Gasteiger partial charge in [0.1, 0.15) is 5.75 Å². The number of nitrogens with zero attached hydrogens (tertiary/aromatic N) is 1. The molecule has 0 saturated heterocycles. The van der Waals surface area contributed by atoms with Gasteiger partial charge in [-0.15, -0.1) is 0 Å². The fraction of sp³-hybridized carbons (Fsp3) is 0.160. The number of unbranched alkanes of at least 4 members (excludes halogenated alkanes) is 1. The van der Waals surface area contributed by atoms with Crippen LogP contribution in [0.15, 0.2) is 91.0 Å². The molecule has 0 aliphatic heterocycles. The van der Waals surface area contributed by atoms with E-state index in [0.29, 0.717) is 12.1 Å². The van der Waals surface area contributed by atoms with Crippen LogP contribution in [0.5, 0.6) is 5.75 Å². The van der Waals surface area contributed by atoms with Crippen molar-refractivity contribution in [3.05, 3.63) is 102 Å². The molecule has 0 aliphatic rings. The third kappa shape index (κ3) is 5.58. The van der Waals surface area contributed by atoms with Gasteiger partial charge in [0.25, 0.3) is 0 Å². The number of hydrogen-bond donors (Lipinski definition) is 0. The first-order valence-corrected chi connectivity index (χ1v) is 9.46. The van der Waals surface area contributed by atoms with E-state index >= 15 is 0 Å². The monoisotopic (exact) mass is 370 g/mol. The largest absolute Gasteiger partial charge is 0.497 e. The summed E-state index contributed by atoms with van der Waals surface area (Å²) in [5.74, 6) is 0.658. The van der Waals surface area contributed by atoms with Crippen LogP contribution in [0.25, 0.3) is 5.57 Å². The van der Waals surface area contributed by atoms with Crippen molar-refractivity contribution in [2.45, 2.75) is 19.3 Å². The van der Waals surface area contributed by atoms with Crippen molar-refractivity contribution in [1.29, 1.82) is 0 Å². The smallest absolute Gasteiger partial charge is 0.246 e. The molecule has 1 amide bonds. The zero-order valence-corrected chi connectivity index (χ0v) is 16.0. The summed E-state index contributed by atoms with van der Waals surface area (Å²) in [7, 11) is 1.62. The molecule has 0 heterocycles. The summed E-state index contributed by atoms with van der Waals surface area (Å²) in [6.07, 6.45) is 4.23. The van der Waals surface area contributed by atoms with Gasteiger partial charge >= 0.3 is 0 Å². The first-order chi connectivity index (χ1) is 13.8. The quantitative estimate of drug-likeness (QED) is 0.473. The van der Waals surface area contributed by atoms with Crippen molar-refractivity contribution in [2.24, 2.45) is 0 Å². The molecule has 1 radical (unpaired) electrons. The predicted octanol–water partition coefficient (Wildman–Crippen LogP) is 5.76. The van der Waals surface area contributed by atoms with Crippen LogP contribution >= 0.6 is 0 Å². The van der Waals surface area contributed by atoms with Crippen LogP contribution in [0.1, 0.15) is 30.4 Å². The Kier molecular flexibility index (Phi) is 7.02. The predicted molar refractivity (Wildman–Crippen MR) is 114 cm³/mol. The van der Waals surface area contributed by atoms with Gasteiger partial charge in [-0.1, -0.05) is 66.7 Å². The van der Waals surface area contributed by atoms with Crippen LogP contribution in [0.2, 0.25) is 0 Å². The lowest BCUT2D eigenvalue weighted by atomic mass is 9.96. The highest BCUT2D eigenvalue weighted by atomic mass is 16.5. The molecule has 0 saturated carbocycles. The Bertz CT molecular complexity index is 859. The maximum absolute atomic E-state index is 12.1. The van der Waals surface area contributed by atoms with Gasteiger partial charge in [0, 0.05) is 6.42 Å². The summed E-state index contributed by atoms with van der Waals surface area (Å²) >= 11 is 0. The Morgan fingerprint density at radius 3 is 1.96 bits per heavy atom. The highest BCUT2D eigenvalue weighted by Gasteiger charge is 2.06. The topological polar surface area (TPSA) is 40.4 Å². The van der Waals surface area contributed by atoms with Crippen molar-refractivity contribution in [3.63, 3.8) is 0 Å². The van der Waals surface area contributed by atoms with Crippen LogP contribution in [0, 0.1) is 0 Å². The average molecular weight is 370 g/mol. The molecule has 0 aliphatic carbocycles. The third-order valence-electron chi connectivity index (χ3n) is 4.44. The van der Waals surface area contributed by atoms with Gasteiger partial charge in [-0.3, -0.25) is 4.79 Å². The Hall–Kier alpha value is -3.33. The van der Waals surface area contributed by atoms with Crippen LogP contribution < -0.4 is 10.1 Å². The maximum Gasteiger partial charge on any atom is 0.246 e. The Labute approximate surface area is 166 Å². The summed E-state index contributed by atoms with van der Waals surface area (Å²) in [5.41, 5.74) is 4.22. The molecule has 3 aromatic carbocycles. The minimum atomic E-state index is -0.0976. The van der Waals surface area contributed by atoms with E-state index in [1.54, 1.807) is 31.4 Å². The van der Waals surface area contributed by atoms with E-state index < -0.39 is 0 Å². The molecule has 0 atom stereocenters. The molecule has 0 unspecified atom stereocenters. The van der Waals surface area contributed by atoms with Crippen LogP contribution in [0.3, 0.4) is 0 Å². The molecule has 141 valence electrons.